The van der Waals surface area contributed by atoms with Crippen molar-refractivity contribution < 1.29 is 4.74 Å². The molecule has 1 spiro atoms. The zero-order valence-corrected chi connectivity index (χ0v) is 6.94. The Bertz CT molecular complexity index is 126. The normalized spacial score (nSPS) is 30.9. The maximum Gasteiger partial charge on any atom is 0.0936 e. The number of nitrogens with zero attached hydrogens (tertiary/aromatic N) is 1. The Morgan fingerprint density at radius 3 is 2.80 bits per heavy atom. The van der Waals surface area contributed by atoms with Crippen LogP contribution in [0, 0.1) is 0 Å². The Labute approximate surface area is 66.9 Å². The number of thiol groups is 1. The minimum absolute atomic E-state index is 0.267. The van der Waals surface area contributed by atoms with Crippen LogP contribution in [0.4, 0.5) is 0 Å². The van der Waals surface area contributed by atoms with Crippen LogP contribution >= 0.6 is 12.6 Å². The fraction of sp³-hybridized carbons (Fsp3) is 1.00. The van der Waals surface area contributed by atoms with Gasteiger partial charge in [-0.2, -0.15) is 12.6 Å². The monoisotopic (exact) mass is 159 g/mol. The lowest BCUT2D eigenvalue weighted by molar-refractivity contribution is -0.103. The van der Waals surface area contributed by atoms with E-state index in [2.05, 4.69) is 17.5 Å². The van der Waals surface area contributed by atoms with Gasteiger partial charge in [0.1, 0.15) is 0 Å². The minimum Gasteiger partial charge on any atom is -0.372 e. The van der Waals surface area contributed by atoms with Crippen LogP contribution in [0.3, 0.4) is 0 Å². The summed E-state index contributed by atoms with van der Waals surface area (Å²) >= 11 is 4.19. The zero-order valence-electron chi connectivity index (χ0n) is 6.05. The summed E-state index contributed by atoms with van der Waals surface area (Å²) in [7, 11) is 0. The molecule has 0 bridgehead atoms. The third kappa shape index (κ3) is 0.966. The Balaban J connectivity index is 1.86. The zero-order chi connectivity index (χ0) is 7.03. The molecule has 2 saturated heterocycles. The lowest BCUT2D eigenvalue weighted by Crippen LogP contribution is -2.60. The van der Waals surface area contributed by atoms with Crippen LogP contribution in [0.2, 0.25) is 0 Å². The second-order valence-electron chi connectivity index (χ2n) is 3.26. The van der Waals surface area contributed by atoms with Gasteiger partial charge < -0.3 is 4.74 Å². The van der Waals surface area contributed by atoms with Gasteiger partial charge in [0.25, 0.3) is 0 Å². The molecule has 0 atom stereocenters. The van der Waals surface area contributed by atoms with Crippen molar-refractivity contribution in [1.82, 2.24) is 4.90 Å². The molecule has 58 valence electrons. The fourth-order valence-electron chi connectivity index (χ4n) is 1.87. The van der Waals surface area contributed by atoms with E-state index in [0.717, 1.165) is 25.6 Å². The molecule has 10 heavy (non-hydrogen) atoms. The van der Waals surface area contributed by atoms with Crippen molar-refractivity contribution in [2.24, 2.45) is 0 Å². The Morgan fingerprint density at radius 2 is 2.30 bits per heavy atom. The molecular weight excluding hydrogens is 146 g/mol. The number of likely N-dealkylation sites (tertiary alicyclic amines) is 1. The van der Waals surface area contributed by atoms with E-state index in [-0.39, 0.29) is 5.60 Å². The van der Waals surface area contributed by atoms with Gasteiger partial charge in [-0.3, -0.25) is 4.90 Å². The fourth-order valence-corrected chi connectivity index (χ4v) is 2.07. The molecule has 2 heterocycles. The van der Waals surface area contributed by atoms with Gasteiger partial charge >= 0.3 is 0 Å². The minimum atomic E-state index is 0.267. The van der Waals surface area contributed by atoms with Crippen LogP contribution in [0.1, 0.15) is 12.8 Å². The standard InChI is InChI=1S/C7H13NOS/c10-6-8-4-7(5-8)2-1-3-9-7/h10H,1-6H2. The molecule has 0 aromatic rings. The van der Waals surface area contributed by atoms with E-state index in [4.69, 9.17) is 4.74 Å². The molecule has 2 nitrogen and oxygen atoms in total. The van der Waals surface area contributed by atoms with Gasteiger partial charge in [-0.15, -0.1) is 0 Å². The highest BCUT2D eigenvalue weighted by Gasteiger charge is 2.45. The number of ether oxygens (including phenoxy) is 1. The third-order valence-corrected chi connectivity index (χ3v) is 2.81. The average Bonchev–Trinajstić information content (AvgIpc) is 2.30. The summed E-state index contributed by atoms with van der Waals surface area (Å²) in [6.45, 7) is 3.19. The van der Waals surface area contributed by atoms with Gasteiger partial charge in [-0.1, -0.05) is 0 Å². The summed E-state index contributed by atoms with van der Waals surface area (Å²) in [5.74, 6) is 0.880. The predicted octanol–water partition coefficient (Wildman–Crippen LogP) is 0.739. The Hall–Kier alpha value is 0.270. The van der Waals surface area contributed by atoms with Crippen LogP contribution in [0.15, 0.2) is 0 Å². The summed E-state index contributed by atoms with van der Waals surface area (Å²) in [5.41, 5.74) is 0.267. The molecule has 2 rings (SSSR count). The third-order valence-electron chi connectivity index (χ3n) is 2.41. The predicted molar refractivity (Wildman–Crippen MR) is 43.3 cm³/mol. The van der Waals surface area contributed by atoms with Crippen molar-refractivity contribution in [3.63, 3.8) is 0 Å². The first-order valence-electron chi connectivity index (χ1n) is 3.82. The van der Waals surface area contributed by atoms with Gasteiger partial charge in [-0.25, -0.2) is 0 Å². The summed E-state index contributed by atoms with van der Waals surface area (Å²) in [6, 6.07) is 0. The van der Waals surface area contributed by atoms with Crippen molar-refractivity contribution in [3.8, 4) is 0 Å². The van der Waals surface area contributed by atoms with Crippen LogP contribution in [0.25, 0.3) is 0 Å². The topological polar surface area (TPSA) is 12.5 Å². The highest BCUT2D eigenvalue weighted by Crippen LogP contribution is 2.34. The second-order valence-corrected chi connectivity index (χ2v) is 3.55. The van der Waals surface area contributed by atoms with Crippen molar-refractivity contribution >= 4 is 12.6 Å². The van der Waals surface area contributed by atoms with E-state index in [1.54, 1.807) is 0 Å². The van der Waals surface area contributed by atoms with E-state index in [0.29, 0.717) is 0 Å². The molecule has 0 aliphatic carbocycles. The summed E-state index contributed by atoms with van der Waals surface area (Å²) in [6.07, 6.45) is 2.51. The molecule has 3 heteroatoms. The van der Waals surface area contributed by atoms with Crippen LogP contribution < -0.4 is 0 Å². The Kier molecular flexibility index (Phi) is 1.66. The summed E-state index contributed by atoms with van der Waals surface area (Å²) < 4.78 is 5.63. The SMILES string of the molecule is SCN1CC2(CCCO2)C1. The highest BCUT2D eigenvalue weighted by atomic mass is 32.1. The molecule has 0 aromatic heterocycles. The lowest BCUT2D eigenvalue weighted by atomic mass is 9.92. The first kappa shape index (κ1) is 6.95. The quantitative estimate of drug-likeness (QED) is 0.566. The van der Waals surface area contributed by atoms with E-state index in [9.17, 15) is 0 Å². The molecule has 0 amide bonds. The van der Waals surface area contributed by atoms with E-state index in [1.807, 2.05) is 0 Å². The second kappa shape index (κ2) is 2.40. The molecule has 0 radical (unpaired) electrons. The average molecular weight is 159 g/mol. The number of hydrogen-bond donors (Lipinski definition) is 1. The molecule has 2 aliphatic heterocycles. The van der Waals surface area contributed by atoms with E-state index < -0.39 is 0 Å². The molecule has 0 aromatic carbocycles. The first-order valence-corrected chi connectivity index (χ1v) is 4.45. The number of rotatable bonds is 1. The molecule has 2 fully saturated rings. The number of hydrogen-bond acceptors (Lipinski definition) is 3. The summed E-state index contributed by atoms with van der Waals surface area (Å²) in [5, 5.41) is 0. The molecular formula is C7H13NOS. The van der Waals surface area contributed by atoms with Crippen LogP contribution in [-0.2, 0) is 4.74 Å². The van der Waals surface area contributed by atoms with Crippen molar-refractivity contribution in [2.45, 2.75) is 18.4 Å². The van der Waals surface area contributed by atoms with E-state index >= 15 is 0 Å². The largest absolute Gasteiger partial charge is 0.372 e. The van der Waals surface area contributed by atoms with E-state index in [1.165, 1.54) is 12.8 Å². The lowest BCUT2D eigenvalue weighted by Gasteiger charge is -2.46. The maximum absolute atomic E-state index is 5.63. The van der Waals surface area contributed by atoms with Crippen LogP contribution in [-0.4, -0.2) is 36.1 Å². The molecule has 2 aliphatic rings. The van der Waals surface area contributed by atoms with Crippen molar-refractivity contribution in [2.75, 3.05) is 25.6 Å². The first-order chi connectivity index (χ1) is 4.85. The van der Waals surface area contributed by atoms with Crippen molar-refractivity contribution in [3.05, 3.63) is 0 Å². The molecule has 0 N–H and O–H groups in total. The summed E-state index contributed by atoms with van der Waals surface area (Å²) in [4.78, 5) is 2.30. The van der Waals surface area contributed by atoms with Gasteiger partial charge in [-0.05, 0) is 12.8 Å². The van der Waals surface area contributed by atoms with Gasteiger partial charge in [0.05, 0.1) is 5.60 Å². The molecule has 0 saturated carbocycles. The van der Waals surface area contributed by atoms with Gasteiger partial charge in [0, 0.05) is 25.6 Å². The van der Waals surface area contributed by atoms with Crippen LogP contribution in [0.5, 0.6) is 0 Å². The van der Waals surface area contributed by atoms with Gasteiger partial charge in [0.2, 0.25) is 0 Å². The van der Waals surface area contributed by atoms with Gasteiger partial charge in [0.15, 0.2) is 0 Å². The molecule has 0 unspecified atom stereocenters. The smallest absolute Gasteiger partial charge is 0.0936 e. The Morgan fingerprint density at radius 1 is 1.50 bits per heavy atom. The highest BCUT2D eigenvalue weighted by molar-refractivity contribution is 7.80. The van der Waals surface area contributed by atoms with Crippen molar-refractivity contribution in [1.29, 1.82) is 0 Å². The maximum atomic E-state index is 5.63.